The Kier molecular flexibility index (Phi) is 46.2. The van der Waals surface area contributed by atoms with Crippen molar-refractivity contribution in [2.24, 2.45) is 5.92 Å². The van der Waals surface area contributed by atoms with Crippen LogP contribution in [0.1, 0.15) is 227 Å². The summed E-state index contributed by atoms with van der Waals surface area (Å²) >= 11 is 0. The van der Waals surface area contributed by atoms with Gasteiger partial charge in [0.15, 0.2) is 6.29 Å². The lowest BCUT2D eigenvalue weighted by molar-refractivity contribution is -0.161. The minimum absolute atomic E-state index is 0.0516. The second-order valence-corrected chi connectivity index (χ2v) is 17.3. The van der Waals surface area contributed by atoms with Crippen LogP contribution >= 0.6 is 0 Å². The van der Waals surface area contributed by atoms with Crippen molar-refractivity contribution in [3.8, 4) is 0 Å². The lowest BCUT2D eigenvalue weighted by Gasteiger charge is -2.20. The number of carbonyl (C=O) groups excluding carboxylic acids is 4. The van der Waals surface area contributed by atoms with Crippen LogP contribution in [0.2, 0.25) is 0 Å². The molecule has 0 bridgehead atoms. The van der Waals surface area contributed by atoms with Crippen molar-refractivity contribution < 1.29 is 52.3 Å². The van der Waals surface area contributed by atoms with Gasteiger partial charge in [0.1, 0.15) is 19.8 Å². The number of rotatable bonds is 48. The molecule has 0 radical (unpaired) electrons. The Balaban J connectivity index is 4.77. The summed E-state index contributed by atoms with van der Waals surface area (Å²) < 4.78 is 39.2. The Hall–Kier alpha value is -2.70. The highest BCUT2D eigenvalue weighted by atomic mass is 16.7. The first-order chi connectivity index (χ1) is 31.3. The Morgan fingerprint density at radius 3 is 1.44 bits per heavy atom. The highest BCUT2D eigenvalue weighted by molar-refractivity contribution is 5.70. The van der Waals surface area contributed by atoms with E-state index in [0.717, 1.165) is 96.7 Å². The molecule has 1 unspecified atom stereocenters. The number of carbonyl (C=O) groups is 4. The minimum Gasteiger partial charge on any atom is -0.465 e. The van der Waals surface area contributed by atoms with E-state index in [2.05, 4.69) is 39.5 Å². The first-order valence-electron chi connectivity index (χ1n) is 26.2. The normalized spacial score (nSPS) is 12.0. The fourth-order valence-corrected chi connectivity index (χ4v) is 7.11. The molecular weight excluding hydrogens is 815 g/mol. The summed E-state index contributed by atoms with van der Waals surface area (Å²) in [7, 11) is 0. The van der Waals surface area contributed by atoms with Crippen LogP contribution in [0, 0.1) is 5.92 Å². The molecule has 12 heteroatoms. The second-order valence-electron chi connectivity index (χ2n) is 17.3. The second kappa shape index (κ2) is 48.2. The zero-order chi connectivity index (χ0) is 47.0. The van der Waals surface area contributed by atoms with E-state index in [-0.39, 0.29) is 51.2 Å². The van der Waals surface area contributed by atoms with Gasteiger partial charge in [-0.1, -0.05) is 157 Å². The molecule has 0 aliphatic heterocycles. The Morgan fingerprint density at radius 2 is 0.906 bits per heavy atom. The molecule has 1 atom stereocenters. The van der Waals surface area contributed by atoms with E-state index in [1.807, 2.05) is 6.08 Å². The molecule has 0 aliphatic carbocycles. The van der Waals surface area contributed by atoms with Gasteiger partial charge in [0.05, 0.1) is 25.2 Å². The molecule has 64 heavy (non-hydrogen) atoms. The summed E-state index contributed by atoms with van der Waals surface area (Å²) in [6.45, 7) is 14.7. The van der Waals surface area contributed by atoms with Crippen LogP contribution in [0.25, 0.3) is 0 Å². The van der Waals surface area contributed by atoms with Crippen molar-refractivity contribution in [1.82, 2.24) is 4.90 Å². The van der Waals surface area contributed by atoms with Crippen molar-refractivity contribution in [3.05, 3.63) is 12.3 Å². The monoisotopic (exact) mass is 912 g/mol. The van der Waals surface area contributed by atoms with Gasteiger partial charge in [-0.3, -0.25) is 14.4 Å². The van der Waals surface area contributed by atoms with Gasteiger partial charge in [0, 0.05) is 39.0 Å². The summed E-state index contributed by atoms with van der Waals surface area (Å²) in [5, 5.41) is 0. The summed E-state index contributed by atoms with van der Waals surface area (Å²) in [5.41, 5.74) is 0. The third kappa shape index (κ3) is 43.2. The average Bonchev–Trinajstić information content (AvgIpc) is 3.29. The molecule has 376 valence electrons. The topological polar surface area (TPSA) is 136 Å². The van der Waals surface area contributed by atoms with Gasteiger partial charge in [0.25, 0.3) is 0 Å². The molecule has 0 aliphatic rings. The van der Waals surface area contributed by atoms with Gasteiger partial charge in [-0.05, 0) is 64.1 Å². The van der Waals surface area contributed by atoms with Crippen LogP contribution in [0.5, 0.6) is 0 Å². The lowest BCUT2D eigenvalue weighted by Crippen LogP contribution is -2.28. The molecule has 12 nitrogen and oxygen atoms in total. The van der Waals surface area contributed by atoms with E-state index in [1.165, 1.54) is 77.0 Å². The van der Waals surface area contributed by atoms with Gasteiger partial charge < -0.3 is 38.1 Å². The Labute approximate surface area is 391 Å². The maximum Gasteiger partial charge on any atom is 0.508 e. The quantitative estimate of drug-likeness (QED) is 0.0189. The van der Waals surface area contributed by atoms with Crippen LogP contribution in [-0.2, 0) is 47.5 Å². The van der Waals surface area contributed by atoms with E-state index in [4.69, 9.17) is 33.2 Å². The zero-order valence-electron chi connectivity index (χ0n) is 41.8. The standard InChI is InChI=1S/C52H97NO11/c1-6-11-14-17-23-28-31-40-58-48(54)35-29-24-21-20-22-25-30-36-49(55)62-44-47(46-64-52(57)61-43-34-39-53(9-4)10-5)45-63-50(56)37-38-51(59-41-32-26-18-15-12-7-2)60-42-33-27-19-16-13-8-3/h31,40,47,51H,6-30,32-39,41-46H2,1-5H3/b40-31-. The van der Waals surface area contributed by atoms with Gasteiger partial charge in [-0.15, -0.1) is 0 Å². The Bertz CT molecular complexity index is 1080. The lowest BCUT2D eigenvalue weighted by atomic mass is 10.1. The van der Waals surface area contributed by atoms with Crippen LogP contribution in [0.15, 0.2) is 12.3 Å². The molecule has 0 saturated carbocycles. The van der Waals surface area contributed by atoms with Gasteiger partial charge >= 0.3 is 24.1 Å². The first kappa shape index (κ1) is 61.3. The molecule has 0 heterocycles. The van der Waals surface area contributed by atoms with Gasteiger partial charge in [-0.2, -0.15) is 0 Å². The van der Waals surface area contributed by atoms with Crippen LogP contribution < -0.4 is 0 Å². The molecule has 0 spiro atoms. The summed E-state index contributed by atoms with van der Waals surface area (Å²) in [6, 6.07) is 0. The molecule has 0 aromatic heterocycles. The van der Waals surface area contributed by atoms with Crippen LogP contribution in [0.3, 0.4) is 0 Å². The third-order valence-corrected chi connectivity index (χ3v) is 11.3. The SMILES string of the molecule is CCCCCCC/C=C\OC(=O)CCCCCCCCCC(=O)OCC(COC(=O)CCC(OCCCCCCCC)OCCCCCCCC)COC(=O)OCCCN(CC)CC. The molecule has 0 N–H and O–H groups in total. The minimum atomic E-state index is -0.800. The molecule has 0 aromatic rings. The molecule has 0 saturated heterocycles. The maximum absolute atomic E-state index is 13.0. The van der Waals surface area contributed by atoms with Crippen LogP contribution in [0.4, 0.5) is 4.79 Å². The number of unbranched alkanes of at least 4 members (excludes halogenated alkanes) is 21. The number of nitrogens with zero attached hydrogens (tertiary/aromatic N) is 1. The molecule has 0 fully saturated rings. The number of hydrogen-bond donors (Lipinski definition) is 0. The molecule has 0 rings (SSSR count). The molecule has 0 aromatic carbocycles. The smallest absolute Gasteiger partial charge is 0.465 e. The number of esters is 3. The first-order valence-corrected chi connectivity index (χ1v) is 26.2. The highest BCUT2D eigenvalue weighted by Gasteiger charge is 2.20. The van der Waals surface area contributed by atoms with Crippen LogP contribution in [-0.4, -0.2) is 94.5 Å². The zero-order valence-corrected chi connectivity index (χ0v) is 41.8. The van der Waals surface area contributed by atoms with E-state index in [1.54, 1.807) is 6.26 Å². The van der Waals surface area contributed by atoms with Gasteiger partial charge in [0.2, 0.25) is 0 Å². The summed E-state index contributed by atoms with van der Waals surface area (Å²) in [5.74, 6) is -1.48. The Morgan fingerprint density at radius 1 is 0.453 bits per heavy atom. The van der Waals surface area contributed by atoms with Crippen molar-refractivity contribution >= 4 is 24.1 Å². The molecule has 0 amide bonds. The van der Waals surface area contributed by atoms with Crippen molar-refractivity contribution in [1.29, 1.82) is 0 Å². The van der Waals surface area contributed by atoms with Crippen molar-refractivity contribution in [3.63, 3.8) is 0 Å². The largest absolute Gasteiger partial charge is 0.508 e. The highest BCUT2D eigenvalue weighted by Crippen LogP contribution is 2.15. The average molecular weight is 912 g/mol. The molecular formula is C52H97NO11. The fourth-order valence-electron chi connectivity index (χ4n) is 7.11. The van der Waals surface area contributed by atoms with Crippen molar-refractivity contribution in [2.45, 2.75) is 234 Å². The number of allylic oxidation sites excluding steroid dienone is 1. The fraction of sp³-hybridized carbons (Fsp3) is 0.885. The predicted molar refractivity (Wildman–Crippen MR) is 257 cm³/mol. The van der Waals surface area contributed by atoms with E-state index in [9.17, 15) is 19.2 Å². The summed E-state index contributed by atoms with van der Waals surface area (Å²) in [6.07, 6.45) is 31.6. The number of hydrogen-bond acceptors (Lipinski definition) is 12. The van der Waals surface area contributed by atoms with Crippen molar-refractivity contribution in [2.75, 3.05) is 59.3 Å². The van der Waals surface area contributed by atoms with E-state index < -0.39 is 24.3 Å². The van der Waals surface area contributed by atoms with E-state index in [0.29, 0.717) is 38.9 Å². The maximum atomic E-state index is 13.0. The summed E-state index contributed by atoms with van der Waals surface area (Å²) in [4.78, 5) is 52.3. The number of ether oxygens (including phenoxy) is 7. The predicted octanol–water partition coefficient (Wildman–Crippen LogP) is 13.4. The third-order valence-electron chi connectivity index (χ3n) is 11.3. The van der Waals surface area contributed by atoms with Gasteiger partial charge in [-0.25, -0.2) is 4.79 Å². The van der Waals surface area contributed by atoms with E-state index >= 15 is 0 Å².